The number of anilines is 1. The molecule has 1 saturated heterocycles. The number of benzene rings is 2. The Bertz CT molecular complexity index is 1580. The lowest BCUT2D eigenvalue weighted by molar-refractivity contribution is -0.190. The van der Waals surface area contributed by atoms with E-state index < -0.39 is 41.1 Å². The molecule has 1 aliphatic heterocycles. The van der Waals surface area contributed by atoms with Crippen molar-refractivity contribution in [1.82, 2.24) is 19.4 Å². The molecule has 3 aromatic rings. The highest BCUT2D eigenvalue weighted by Gasteiger charge is 2.45. The van der Waals surface area contributed by atoms with Crippen molar-refractivity contribution < 1.29 is 32.3 Å². The highest BCUT2D eigenvalue weighted by Crippen LogP contribution is 2.34. The van der Waals surface area contributed by atoms with Gasteiger partial charge in [0.25, 0.3) is 5.91 Å². The minimum atomic E-state index is -5.03. The van der Waals surface area contributed by atoms with E-state index >= 15 is 0 Å². The molecule has 2 heterocycles. The van der Waals surface area contributed by atoms with Crippen LogP contribution in [0.3, 0.4) is 0 Å². The first kappa shape index (κ1) is 35.1. The van der Waals surface area contributed by atoms with Crippen molar-refractivity contribution >= 4 is 46.5 Å². The number of nitrogens with zero attached hydrogens (tertiary/aromatic N) is 4. The molecule has 1 aromatic heterocycles. The molecule has 9 nitrogen and oxygen atoms in total. The summed E-state index contributed by atoms with van der Waals surface area (Å²) in [6.07, 6.45) is -4.33. The maximum atomic E-state index is 13.6. The van der Waals surface area contributed by atoms with Crippen LogP contribution in [0.1, 0.15) is 83.3 Å². The summed E-state index contributed by atoms with van der Waals surface area (Å²) in [5.41, 5.74) is 0.683. The molecule has 1 N–H and O–H groups in total. The van der Waals surface area contributed by atoms with E-state index in [1.54, 1.807) is 95.8 Å². The van der Waals surface area contributed by atoms with Crippen LogP contribution in [0.25, 0.3) is 11.0 Å². The van der Waals surface area contributed by atoms with Gasteiger partial charge in [0.05, 0.1) is 11.0 Å². The number of imidazole rings is 1. The van der Waals surface area contributed by atoms with Gasteiger partial charge in [-0.15, -0.1) is 0 Å². The average molecular weight is 664 g/mol. The van der Waals surface area contributed by atoms with Crippen LogP contribution in [0.4, 0.5) is 23.9 Å². The fourth-order valence-electron chi connectivity index (χ4n) is 5.32. The smallest absolute Gasteiger partial charge is 0.444 e. The fraction of sp³-hybridized carbons (Fsp3) is 0.515. The molecule has 3 amide bonds. The van der Waals surface area contributed by atoms with Crippen molar-refractivity contribution in [3.05, 3.63) is 58.6 Å². The van der Waals surface area contributed by atoms with E-state index in [0.29, 0.717) is 53.1 Å². The Morgan fingerprint density at radius 3 is 2.17 bits per heavy atom. The Morgan fingerprint density at radius 2 is 1.63 bits per heavy atom. The minimum Gasteiger partial charge on any atom is -0.444 e. The second-order valence-corrected chi connectivity index (χ2v) is 14.2. The molecule has 0 aliphatic carbocycles. The van der Waals surface area contributed by atoms with Crippen molar-refractivity contribution in [1.29, 1.82) is 0 Å². The van der Waals surface area contributed by atoms with E-state index in [9.17, 15) is 27.6 Å². The summed E-state index contributed by atoms with van der Waals surface area (Å²) < 4.78 is 48.3. The quantitative estimate of drug-likeness (QED) is 0.290. The Balaban J connectivity index is 1.69. The summed E-state index contributed by atoms with van der Waals surface area (Å²) in [4.78, 5) is 45.6. The number of fused-ring (bicyclic) bond motifs is 1. The second kappa shape index (κ2) is 13.1. The highest BCUT2D eigenvalue weighted by molar-refractivity contribution is 6.30. The van der Waals surface area contributed by atoms with Crippen LogP contribution in [-0.4, -0.2) is 68.2 Å². The molecular weight excluding hydrogens is 623 g/mol. The number of carbonyl (C=O) groups excluding carboxylic acids is 3. The Morgan fingerprint density at radius 1 is 1.02 bits per heavy atom. The molecular formula is C33H41ClF3N5O4. The number of piperidine rings is 1. The first-order chi connectivity index (χ1) is 21.2. The third-order valence-electron chi connectivity index (χ3n) is 8.14. The largest absolute Gasteiger partial charge is 0.471 e. The average Bonchev–Trinajstić information content (AvgIpc) is 3.30. The Kier molecular flexibility index (Phi) is 10.0. The van der Waals surface area contributed by atoms with E-state index in [1.165, 1.54) is 0 Å². The molecule has 0 saturated carbocycles. The van der Waals surface area contributed by atoms with Crippen LogP contribution in [-0.2, 0) is 16.1 Å². The van der Waals surface area contributed by atoms with E-state index in [2.05, 4.69) is 5.32 Å². The number of ether oxygens (including phenoxy) is 1. The van der Waals surface area contributed by atoms with Crippen LogP contribution >= 0.6 is 11.6 Å². The predicted molar refractivity (Wildman–Crippen MR) is 171 cm³/mol. The summed E-state index contributed by atoms with van der Waals surface area (Å²) in [7, 11) is 0. The van der Waals surface area contributed by atoms with Gasteiger partial charge in [0, 0.05) is 42.3 Å². The zero-order valence-electron chi connectivity index (χ0n) is 27.2. The number of hydrogen-bond donors (Lipinski definition) is 1. The molecule has 1 aliphatic rings. The lowest BCUT2D eigenvalue weighted by Crippen LogP contribution is -2.50. The lowest BCUT2D eigenvalue weighted by atomic mass is 9.86. The molecule has 1 atom stereocenters. The molecule has 250 valence electrons. The highest BCUT2D eigenvalue weighted by atomic mass is 35.5. The van der Waals surface area contributed by atoms with Gasteiger partial charge in [-0.2, -0.15) is 13.2 Å². The summed E-state index contributed by atoms with van der Waals surface area (Å²) in [6.45, 7) is 12.9. The van der Waals surface area contributed by atoms with Crippen molar-refractivity contribution in [3.63, 3.8) is 0 Å². The first-order valence-electron chi connectivity index (χ1n) is 15.2. The third kappa shape index (κ3) is 8.31. The van der Waals surface area contributed by atoms with Crippen molar-refractivity contribution in [2.45, 2.75) is 91.7 Å². The van der Waals surface area contributed by atoms with Crippen LogP contribution in [0, 0.1) is 5.41 Å². The third-order valence-corrected chi connectivity index (χ3v) is 8.40. The Labute approximate surface area is 272 Å². The Hall–Kier alpha value is -3.80. The molecule has 2 aromatic carbocycles. The summed E-state index contributed by atoms with van der Waals surface area (Å²) in [6, 6.07) is 10.6. The van der Waals surface area contributed by atoms with E-state index in [1.807, 2.05) is 4.57 Å². The van der Waals surface area contributed by atoms with Gasteiger partial charge in [0.15, 0.2) is 0 Å². The van der Waals surface area contributed by atoms with E-state index in [0.717, 1.165) is 4.90 Å². The van der Waals surface area contributed by atoms with Gasteiger partial charge in [-0.3, -0.25) is 14.9 Å². The summed E-state index contributed by atoms with van der Waals surface area (Å²) in [5, 5.41) is 3.36. The van der Waals surface area contributed by atoms with Crippen LogP contribution in [0.5, 0.6) is 0 Å². The van der Waals surface area contributed by atoms with Crippen LogP contribution in [0.15, 0.2) is 42.5 Å². The van der Waals surface area contributed by atoms with Crippen molar-refractivity contribution in [3.8, 4) is 0 Å². The van der Waals surface area contributed by atoms with Gasteiger partial charge < -0.3 is 19.1 Å². The number of aromatic nitrogens is 2. The predicted octanol–water partition coefficient (Wildman–Crippen LogP) is 7.84. The zero-order chi connectivity index (χ0) is 34.2. The number of rotatable bonds is 6. The number of nitrogens with one attached hydrogen (secondary N) is 1. The van der Waals surface area contributed by atoms with Gasteiger partial charge in [-0.1, -0.05) is 38.4 Å². The van der Waals surface area contributed by atoms with Crippen LogP contribution in [0.2, 0.25) is 5.02 Å². The van der Waals surface area contributed by atoms with Gasteiger partial charge in [0.1, 0.15) is 5.60 Å². The number of likely N-dealkylation sites (tertiary alicyclic amines) is 1. The molecule has 0 unspecified atom stereocenters. The molecule has 46 heavy (non-hydrogen) atoms. The zero-order valence-corrected chi connectivity index (χ0v) is 27.9. The number of hydrogen-bond acceptors (Lipinski definition) is 5. The van der Waals surface area contributed by atoms with Gasteiger partial charge in [-0.25, -0.2) is 9.78 Å². The minimum absolute atomic E-state index is 0.153. The maximum absolute atomic E-state index is 13.6. The van der Waals surface area contributed by atoms with Crippen LogP contribution < -0.4 is 5.32 Å². The normalized spacial score (nSPS) is 15.5. The fourth-order valence-corrected chi connectivity index (χ4v) is 5.45. The van der Waals surface area contributed by atoms with Gasteiger partial charge in [-0.05, 0) is 87.9 Å². The van der Waals surface area contributed by atoms with Crippen molar-refractivity contribution in [2.24, 2.45) is 5.41 Å². The second-order valence-electron chi connectivity index (χ2n) is 13.8. The summed E-state index contributed by atoms with van der Waals surface area (Å²) >= 11 is 5.99. The molecule has 4 rings (SSSR count). The molecule has 0 radical (unpaired) electrons. The van der Waals surface area contributed by atoms with E-state index in [-0.39, 0.29) is 18.5 Å². The topological polar surface area (TPSA) is 96.8 Å². The van der Waals surface area contributed by atoms with Gasteiger partial charge >= 0.3 is 18.2 Å². The lowest BCUT2D eigenvalue weighted by Gasteiger charge is -2.38. The maximum Gasteiger partial charge on any atom is 0.471 e. The standard InChI is InChI=1S/C33H41ClF3N5O4/c1-20(31(2,3)4)41(28(44)33(35,36)37)19-21-8-13-26-25(18-21)38-29(39-27(43)22-9-11-23(34)12-10-22)42(26)24-14-16-40(17-15-24)30(45)46-32(5,6)7/h8-13,18,20,24H,14-17,19H2,1-7H3,(H,38,39,43)/t20-/m0/s1. The monoisotopic (exact) mass is 663 g/mol. The summed E-state index contributed by atoms with van der Waals surface area (Å²) in [5.74, 6) is -2.07. The van der Waals surface area contributed by atoms with E-state index in [4.69, 9.17) is 21.3 Å². The van der Waals surface area contributed by atoms with Crippen molar-refractivity contribution in [2.75, 3.05) is 18.4 Å². The molecule has 0 bridgehead atoms. The molecule has 0 spiro atoms. The number of carbonyl (C=O) groups is 3. The number of alkyl halides is 3. The first-order valence-corrected chi connectivity index (χ1v) is 15.6. The molecule has 1 fully saturated rings. The number of halogens is 4. The number of amides is 3. The molecule has 13 heteroatoms. The SMILES string of the molecule is C[C@H](N(Cc1ccc2c(c1)nc(NC(=O)c1ccc(Cl)cc1)n2C1CCN(C(=O)OC(C)(C)C)CC1)C(=O)C(F)(F)F)C(C)(C)C. The van der Waals surface area contributed by atoms with Gasteiger partial charge in [0.2, 0.25) is 5.95 Å².